The SMILES string of the molecule is CCC[C@](C)(S)CO. The van der Waals surface area contributed by atoms with E-state index < -0.39 is 0 Å². The third kappa shape index (κ3) is 3.33. The highest BCUT2D eigenvalue weighted by atomic mass is 32.1. The van der Waals surface area contributed by atoms with Crippen LogP contribution in [-0.4, -0.2) is 16.5 Å². The molecule has 0 saturated heterocycles. The quantitative estimate of drug-likeness (QED) is 0.560. The highest BCUT2D eigenvalue weighted by Gasteiger charge is 2.14. The van der Waals surface area contributed by atoms with E-state index in [-0.39, 0.29) is 11.4 Å². The van der Waals surface area contributed by atoms with Crippen molar-refractivity contribution in [3.8, 4) is 0 Å². The number of thiol groups is 1. The molecule has 0 fully saturated rings. The van der Waals surface area contributed by atoms with Crippen molar-refractivity contribution in [2.75, 3.05) is 6.61 Å². The van der Waals surface area contributed by atoms with E-state index in [0.29, 0.717) is 0 Å². The molecule has 0 aromatic heterocycles. The number of hydrogen-bond donors (Lipinski definition) is 2. The van der Waals surface area contributed by atoms with Gasteiger partial charge in [-0.3, -0.25) is 0 Å². The highest BCUT2D eigenvalue weighted by molar-refractivity contribution is 7.81. The molecule has 0 aliphatic heterocycles. The first-order valence-corrected chi connectivity index (χ1v) is 3.40. The van der Waals surface area contributed by atoms with Gasteiger partial charge >= 0.3 is 0 Å². The molecule has 0 aliphatic rings. The van der Waals surface area contributed by atoms with E-state index in [2.05, 4.69) is 19.6 Å². The first-order valence-electron chi connectivity index (χ1n) is 2.95. The Morgan fingerprint density at radius 1 is 1.62 bits per heavy atom. The van der Waals surface area contributed by atoms with Gasteiger partial charge in [0.15, 0.2) is 0 Å². The minimum atomic E-state index is -0.158. The van der Waals surface area contributed by atoms with Crippen molar-refractivity contribution in [3.05, 3.63) is 0 Å². The molecule has 0 spiro atoms. The van der Waals surface area contributed by atoms with Crippen molar-refractivity contribution in [2.24, 2.45) is 0 Å². The molecule has 0 amide bonds. The molecule has 0 rings (SSSR count). The molecular weight excluding hydrogens is 120 g/mol. The highest BCUT2D eigenvalue weighted by Crippen LogP contribution is 2.18. The fraction of sp³-hybridized carbons (Fsp3) is 1.00. The molecule has 0 saturated carbocycles. The van der Waals surface area contributed by atoms with Gasteiger partial charge in [-0.25, -0.2) is 0 Å². The Labute approximate surface area is 56.5 Å². The van der Waals surface area contributed by atoms with Gasteiger partial charge in [0, 0.05) is 4.75 Å². The van der Waals surface area contributed by atoms with Crippen LogP contribution in [0.3, 0.4) is 0 Å². The molecule has 8 heavy (non-hydrogen) atoms. The molecule has 1 atom stereocenters. The van der Waals surface area contributed by atoms with Crippen molar-refractivity contribution in [3.63, 3.8) is 0 Å². The second-order valence-electron chi connectivity index (χ2n) is 2.41. The maximum Gasteiger partial charge on any atom is 0.0573 e. The molecule has 0 aromatic carbocycles. The Morgan fingerprint density at radius 2 is 2.12 bits per heavy atom. The molecule has 0 aliphatic carbocycles. The zero-order valence-electron chi connectivity index (χ0n) is 5.52. The second-order valence-corrected chi connectivity index (χ2v) is 3.48. The van der Waals surface area contributed by atoms with Crippen LogP contribution in [0.4, 0.5) is 0 Å². The monoisotopic (exact) mass is 134 g/mol. The molecule has 50 valence electrons. The summed E-state index contributed by atoms with van der Waals surface area (Å²) in [4.78, 5) is 0. The Bertz CT molecular complexity index is 61.5. The van der Waals surface area contributed by atoms with Gasteiger partial charge in [-0.05, 0) is 13.3 Å². The molecule has 0 unspecified atom stereocenters. The van der Waals surface area contributed by atoms with Crippen LogP contribution in [0.2, 0.25) is 0 Å². The van der Waals surface area contributed by atoms with Crippen molar-refractivity contribution in [1.29, 1.82) is 0 Å². The second kappa shape index (κ2) is 3.36. The Hall–Kier alpha value is 0.310. The van der Waals surface area contributed by atoms with E-state index in [9.17, 15) is 0 Å². The summed E-state index contributed by atoms with van der Waals surface area (Å²) in [5, 5.41) is 8.65. The van der Waals surface area contributed by atoms with Crippen molar-refractivity contribution >= 4 is 12.6 Å². The van der Waals surface area contributed by atoms with Crippen LogP contribution in [0.5, 0.6) is 0 Å². The topological polar surface area (TPSA) is 20.2 Å². The van der Waals surface area contributed by atoms with E-state index in [1.165, 1.54) is 0 Å². The Morgan fingerprint density at radius 3 is 2.25 bits per heavy atom. The normalized spacial score (nSPS) is 18.0. The number of aliphatic hydroxyl groups is 1. The summed E-state index contributed by atoms with van der Waals surface area (Å²) in [5.74, 6) is 0. The zero-order valence-corrected chi connectivity index (χ0v) is 6.41. The van der Waals surface area contributed by atoms with E-state index in [4.69, 9.17) is 5.11 Å². The lowest BCUT2D eigenvalue weighted by Crippen LogP contribution is -2.20. The van der Waals surface area contributed by atoms with Crippen LogP contribution >= 0.6 is 12.6 Å². The lowest BCUT2D eigenvalue weighted by molar-refractivity contribution is 0.250. The van der Waals surface area contributed by atoms with E-state index >= 15 is 0 Å². The maximum atomic E-state index is 8.65. The van der Waals surface area contributed by atoms with Gasteiger partial charge in [0.2, 0.25) is 0 Å². The summed E-state index contributed by atoms with van der Waals surface area (Å²) in [6, 6.07) is 0. The minimum Gasteiger partial charge on any atom is -0.395 e. The van der Waals surface area contributed by atoms with E-state index in [1.807, 2.05) is 6.92 Å². The van der Waals surface area contributed by atoms with Crippen molar-refractivity contribution in [2.45, 2.75) is 31.4 Å². The van der Waals surface area contributed by atoms with Gasteiger partial charge in [0.05, 0.1) is 6.61 Å². The molecule has 1 nitrogen and oxygen atoms in total. The third-order valence-corrected chi connectivity index (χ3v) is 1.49. The van der Waals surface area contributed by atoms with Gasteiger partial charge < -0.3 is 5.11 Å². The molecule has 0 bridgehead atoms. The predicted octanol–water partition coefficient (Wildman–Crippen LogP) is 1.47. The summed E-state index contributed by atoms with van der Waals surface area (Å²) in [6.45, 7) is 4.20. The van der Waals surface area contributed by atoms with Gasteiger partial charge in [-0.15, -0.1) is 0 Å². The fourth-order valence-corrected chi connectivity index (χ4v) is 0.841. The molecular formula is C6H14OS. The first kappa shape index (κ1) is 8.31. The van der Waals surface area contributed by atoms with Crippen molar-refractivity contribution in [1.82, 2.24) is 0 Å². The summed E-state index contributed by atoms with van der Waals surface area (Å²) >= 11 is 4.22. The molecule has 1 N–H and O–H groups in total. The largest absolute Gasteiger partial charge is 0.395 e. The lowest BCUT2D eigenvalue weighted by Gasteiger charge is -2.18. The third-order valence-electron chi connectivity index (χ3n) is 1.13. The van der Waals surface area contributed by atoms with E-state index in [1.54, 1.807) is 0 Å². The minimum absolute atomic E-state index is 0.158. The predicted molar refractivity (Wildman–Crippen MR) is 39.4 cm³/mol. The maximum absolute atomic E-state index is 8.65. The summed E-state index contributed by atoms with van der Waals surface area (Å²) in [5.41, 5.74) is 0. The van der Waals surface area contributed by atoms with Gasteiger partial charge in [-0.1, -0.05) is 13.3 Å². The van der Waals surface area contributed by atoms with E-state index in [0.717, 1.165) is 12.8 Å². The smallest absolute Gasteiger partial charge is 0.0573 e. The van der Waals surface area contributed by atoms with Gasteiger partial charge in [0.1, 0.15) is 0 Å². The van der Waals surface area contributed by atoms with Crippen LogP contribution in [0.15, 0.2) is 0 Å². The number of hydrogen-bond acceptors (Lipinski definition) is 2. The standard InChI is InChI=1S/C6H14OS/c1-3-4-6(2,8)5-7/h7-8H,3-5H2,1-2H3/t6-/m0/s1. The Balaban J connectivity index is 3.37. The number of rotatable bonds is 3. The number of aliphatic hydroxyl groups excluding tert-OH is 1. The molecule has 0 radical (unpaired) electrons. The summed E-state index contributed by atoms with van der Waals surface area (Å²) in [6.07, 6.45) is 2.06. The average Bonchev–Trinajstić information content (AvgIpc) is 1.67. The van der Waals surface area contributed by atoms with Crippen LogP contribution in [0.25, 0.3) is 0 Å². The molecule has 0 heterocycles. The average molecular weight is 134 g/mol. The van der Waals surface area contributed by atoms with Crippen LogP contribution < -0.4 is 0 Å². The van der Waals surface area contributed by atoms with Crippen LogP contribution in [-0.2, 0) is 0 Å². The Kier molecular flexibility index (Phi) is 3.49. The van der Waals surface area contributed by atoms with Crippen molar-refractivity contribution < 1.29 is 5.11 Å². The van der Waals surface area contributed by atoms with Crippen LogP contribution in [0.1, 0.15) is 26.7 Å². The van der Waals surface area contributed by atoms with Gasteiger partial charge in [0.25, 0.3) is 0 Å². The molecule has 0 aromatic rings. The lowest BCUT2D eigenvalue weighted by atomic mass is 10.1. The first-order chi connectivity index (χ1) is 3.62. The summed E-state index contributed by atoms with van der Waals surface area (Å²) in [7, 11) is 0. The fourth-order valence-electron chi connectivity index (χ4n) is 0.618. The van der Waals surface area contributed by atoms with Crippen LogP contribution in [0, 0.1) is 0 Å². The summed E-state index contributed by atoms with van der Waals surface area (Å²) < 4.78 is -0.158. The zero-order chi connectivity index (χ0) is 6.62. The van der Waals surface area contributed by atoms with Gasteiger partial charge in [-0.2, -0.15) is 12.6 Å². The molecule has 2 heteroatoms.